The van der Waals surface area contributed by atoms with Gasteiger partial charge in [0.1, 0.15) is 17.0 Å². The van der Waals surface area contributed by atoms with Crippen LogP contribution in [0.25, 0.3) is 10.9 Å². The Morgan fingerprint density at radius 3 is 2.45 bits per heavy atom. The lowest BCUT2D eigenvalue weighted by molar-refractivity contribution is 0.0694. The molecular formula is C32H39FN3O10P. The molecule has 2 unspecified atom stereocenters. The zero-order valence-electron chi connectivity index (χ0n) is 26.2. The van der Waals surface area contributed by atoms with Gasteiger partial charge in [-0.3, -0.25) is 19.1 Å². The largest absolute Gasteiger partial charge is 0.494 e. The van der Waals surface area contributed by atoms with E-state index in [1.165, 1.54) is 13.3 Å². The van der Waals surface area contributed by atoms with Crippen LogP contribution >= 0.6 is 7.60 Å². The lowest BCUT2D eigenvalue weighted by atomic mass is 10.1. The number of methoxy groups -OCH3 is 1. The molecule has 254 valence electrons. The molecule has 0 spiro atoms. The van der Waals surface area contributed by atoms with Crippen molar-refractivity contribution in [2.24, 2.45) is 0 Å². The number of ether oxygens (including phenoxy) is 2. The van der Waals surface area contributed by atoms with Gasteiger partial charge in [0, 0.05) is 56.4 Å². The highest BCUT2D eigenvalue weighted by atomic mass is 31.2. The van der Waals surface area contributed by atoms with Gasteiger partial charge in [-0.1, -0.05) is 0 Å². The molecular weight excluding hydrogens is 636 g/mol. The number of carboxylic acids is 1. The number of hydrogen-bond acceptors (Lipinski definition) is 9. The molecule has 4 N–H and O–H groups in total. The molecule has 0 bridgehead atoms. The molecule has 5 rings (SSSR count). The number of nitrogens with zero attached hydrogens (tertiary/aromatic N) is 3. The number of piperazine rings is 1. The van der Waals surface area contributed by atoms with Crippen molar-refractivity contribution in [3.8, 4) is 11.5 Å². The Morgan fingerprint density at radius 2 is 1.85 bits per heavy atom. The van der Waals surface area contributed by atoms with Gasteiger partial charge in [0.2, 0.25) is 5.43 Å². The summed E-state index contributed by atoms with van der Waals surface area (Å²) in [5.41, 5.74) is -0.0435. The molecule has 47 heavy (non-hydrogen) atoms. The van der Waals surface area contributed by atoms with Gasteiger partial charge in [0.05, 0.1) is 24.6 Å². The van der Waals surface area contributed by atoms with Crippen molar-refractivity contribution in [2.75, 3.05) is 44.8 Å². The van der Waals surface area contributed by atoms with E-state index in [1.54, 1.807) is 28.8 Å². The van der Waals surface area contributed by atoms with Crippen LogP contribution in [0.15, 0.2) is 41.3 Å². The number of halogens is 1. The fourth-order valence-electron chi connectivity index (χ4n) is 6.01. The molecule has 1 aromatic heterocycles. The number of hydrogen-bond donors (Lipinski definition) is 4. The van der Waals surface area contributed by atoms with Crippen molar-refractivity contribution >= 4 is 35.9 Å². The highest BCUT2D eigenvalue weighted by Gasteiger charge is 2.33. The van der Waals surface area contributed by atoms with Crippen LogP contribution in [0.3, 0.4) is 0 Å². The minimum absolute atomic E-state index is 0.00304. The van der Waals surface area contributed by atoms with Crippen LogP contribution in [-0.2, 0) is 4.57 Å². The van der Waals surface area contributed by atoms with E-state index in [-0.39, 0.29) is 60.6 Å². The average molecular weight is 676 g/mol. The predicted octanol–water partition coefficient (Wildman–Crippen LogP) is 3.62. The van der Waals surface area contributed by atoms with Gasteiger partial charge < -0.3 is 38.9 Å². The zero-order chi connectivity index (χ0) is 34.0. The van der Waals surface area contributed by atoms with Crippen LogP contribution in [0.2, 0.25) is 0 Å². The lowest BCUT2D eigenvalue weighted by Gasteiger charge is -2.41. The molecule has 2 fully saturated rings. The van der Waals surface area contributed by atoms with Crippen molar-refractivity contribution in [2.45, 2.75) is 57.0 Å². The van der Waals surface area contributed by atoms with E-state index in [4.69, 9.17) is 19.3 Å². The molecule has 2 atom stereocenters. The summed E-state index contributed by atoms with van der Waals surface area (Å²) in [5.74, 6) is -3.12. The molecule has 13 nitrogen and oxygen atoms in total. The second kappa shape index (κ2) is 14.1. The Balaban J connectivity index is 1.21. The van der Waals surface area contributed by atoms with Gasteiger partial charge >= 0.3 is 13.6 Å². The fraction of sp³-hybridized carbons (Fsp3) is 0.469. The molecule has 1 saturated heterocycles. The number of carbonyl (C=O) groups is 2. The van der Waals surface area contributed by atoms with Crippen molar-refractivity contribution < 1.29 is 48.0 Å². The predicted molar refractivity (Wildman–Crippen MR) is 171 cm³/mol. The Labute approximate surface area is 270 Å². The highest BCUT2D eigenvalue weighted by Crippen LogP contribution is 2.44. The molecule has 0 radical (unpaired) electrons. The molecule has 2 aromatic carbocycles. The zero-order valence-corrected chi connectivity index (χ0v) is 27.1. The normalized spacial score (nSPS) is 17.9. The maximum Gasteiger partial charge on any atom is 0.353 e. The quantitative estimate of drug-likeness (QED) is 0.111. The summed E-state index contributed by atoms with van der Waals surface area (Å²) in [5, 5.41) is 19.0. The van der Waals surface area contributed by atoms with Crippen LogP contribution in [-0.4, -0.2) is 93.0 Å². The van der Waals surface area contributed by atoms with Crippen molar-refractivity contribution in [3.63, 3.8) is 0 Å². The summed E-state index contributed by atoms with van der Waals surface area (Å²) in [6, 6.07) is 7.66. The number of aliphatic hydroxyl groups is 1. The molecule has 1 saturated carbocycles. The second-order valence-corrected chi connectivity index (χ2v) is 13.8. The van der Waals surface area contributed by atoms with E-state index in [0.29, 0.717) is 43.0 Å². The molecule has 2 aliphatic rings. The number of carbonyl (C=O) groups excluding carboxylic acids is 1. The number of carboxylic acid groups (broad SMARTS) is 1. The number of anilines is 1. The third kappa shape index (κ3) is 7.68. The Kier molecular flexibility index (Phi) is 10.4. The summed E-state index contributed by atoms with van der Waals surface area (Å²) in [6.07, 6.45) is 3.37. The van der Waals surface area contributed by atoms with E-state index in [9.17, 15) is 29.2 Å². The summed E-state index contributed by atoms with van der Waals surface area (Å²) < 4.78 is 39.7. The van der Waals surface area contributed by atoms with Gasteiger partial charge in [-0.15, -0.1) is 0 Å². The number of ketones is 1. The Hall–Kier alpha value is -3.81. The molecule has 3 aromatic rings. The van der Waals surface area contributed by atoms with Crippen molar-refractivity contribution in [3.05, 3.63) is 63.7 Å². The molecule has 1 aliphatic carbocycles. The number of aromatic nitrogens is 1. The highest BCUT2D eigenvalue weighted by molar-refractivity contribution is 7.52. The van der Waals surface area contributed by atoms with Crippen LogP contribution in [0.5, 0.6) is 11.5 Å². The van der Waals surface area contributed by atoms with E-state index >= 15 is 4.39 Å². The minimum atomic E-state index is -4.54. The SMILES string of the molecule is COc1c(N2CCN(CCC(=O)c3ccc(OCCCC(O)P(=O)(O)O)cc3)C(C)C2)c(F)cc2c(=O)c(C(=O)O)cn(C3CC3)c12. The summed E-state index contributed by atoms with van der Waals surface area (Å²) >= 11 is 0. The first-order valence-electron chi connectivity index (χ1n) is 15.5. The topological polar surface area (TPSA) is 179 Å². The first-order valence-corrected chi connectivity index (χ1v) is 17.1. The first-order chi connectivity index (χ1) is 22.3. The third-order valence-corrected chi connectivity index (χ3v) is 9.76. The van der Waals surface area contributed by atoms with Crippen molar-refractivity contribution in [1.29, 1.82) is 0 Å². The van der Waals surface area contributed by atoms with Crippen molar-refractivity contribution in [1.82, 2.24) is 9.47 Å². The maximum atomic E-state index is 15.7. The second-order valence-electron chi connectivity index (χ2n) is 12.0. The lowest BCUT2D eigenvalue weighted by Crippen LogP contribution is -2.52. The van der Waals surface area contributed by atoms with Gasteiger partial charge in [-0.2, -0.15) is 0 Å². The molecule has 1 aliphatic heterocycles. The van der Waals surface area contributed by atoms with E-state index in [0.717, 1.165) is 18.9 Å². The number of fused-ring (bicyclic) bond motifs is 1. The smallest absolute Gasteiger partial charge is 0.353 e. The number of aromatic carboxylic acids is 1. The number of pyridine rings is 1. The van der Waals surface area contributed by atoms with Gasteiger partial charge in [0.25, 0.3) is 0 Å². The molecule has 2 heterocycles. The van der Waals surface area contributed by atoms with Crippen LogP contribution in [0, 0.1) is 5.82 Å². The van der Waals surface area contributed by atoms with E-state index in [1.807, 2.05) is 11.8 Å². The third-order valence-electron chi connectivity index (χ3n) is 8.72. The molecule has 15 heteroatoms. The summed E-state index contributed by atoms with van der Waals surface area (Å²) in [4.78, 5) is 59.6. The van der Waals surface area contributed by atoms with E-state index in [2.05, 4.69) is 4.90 Å². The fourth-order valence-corrected chi connectivity index (χ4v) is 6.52. The summed E-state index contributed by atoms with van der Waals surface area (Å²) in [7, 11) is -3.12. The number of aliphatic hydroxyl groups excluding tert-OH is 1. The van der Waals surface area contributed by atoms with Crippen LogP contribution in [0.4, 0.5) is 10.1 Å². The van der Waals surface area contributed by atoms with Gasteiger partial charge in [-0.25, -0.2) is 9.18 Å². The van der Waals surface area contributed by atoms with Crippen LogP contribution in [0.1, 0.15) is 65.8 Å². The molecule has 0 amide bonds. The van der Waals surface area contributed by atoms with Gasteiger partial charge in [0.15, 0.2) is 23.2 Å². The van der Waals surface area contributed by atoms with Crippen LogP contribution < -0.4 is 19.8 Å². The monoisotopic (exact) mass is 675 g/mol. The minimum Gasteiger partial charge on any atom is -0.494 e. The number of Topliss-reactive ketones (excluding diaryl/α,β-unsaturated/α-hetero) is 1. The maximum absolute atomic E-state index is 15.7. The Bertz CT molecular complexity index is 1750. The first kappa shape index (κ1) is 34.5. The standard InChI is InChI=1S/C32H39FN3O10P/c1-19-17-35(29-25(33)16-23-28(31(29)45-2)36(21-7-8-21)18-24(30(23)39)32(40)41)14-13-34(19)12-11-26(37)20-5-9-22(10-6-20)46-15-3-4-27(38)47(42,43)44/h5-6,9-10,16,18-19,21,27,38H,3-4,7-8,11-15,17H2,1-2H3,(H,40,41)(H2,42,43,44). The van der Waals surface area contributed by atoms with Gasteiger partial charge in [-0.05, 0) is 62.9 Å². The van der Waals surface area contributed by atoms with E-state index < -0.39 is 36.2 Å². The number of benzene rings is 2. The average Bonchev–Trinajstić information content (AvgIpc) is 3.87. The summed E-state index contributed by atoms with van der Waals surface area (Å²) in [6.45, 7) is 4.05. The Morgan fingerprint density at radius 1 is 1.15 bits per heavy atom. The number of rotatable bonds is 14.